The van der Waals surface area contributed by atoms with Gasteiger partial charge in [-0.05, 0) is 35.7 Å². The van der Waals surface area contributed by atoms with Crippen LogP contribution in [0.2, 0.25) is 5.02 Å². The molecule has 1 heterocycles. The molecule has 0 bridgehead atoms. The van der Waals surface area contributed by atoms with Gasteiger partial charge in [-0.15, -0.1) is 0 Å². The topological polar surface area (TPSA) is 30.9 Å². The molecule has 0 saturated carbocycles. The summed E-state index contributed by atoms with van der Waals surface area (Å²) >= 11 is 6.14. The summed E-state index contributed by atoms with van der Waals surface area (Å²) in [6.07, 6.45) is 0. The van der Waals surface area contributed by atoms with Gasteiger partial charge in [0.25, 0.3) is 0 Å². The van der Waals surface area contributed by atoms with Gasteiger partial charge in [-0.25, -0.2) is 0 Å². The normalized spacial score (nSPS) is 13.0. The fraction of sp³-hybridized carbons (Fsp3) is 0.263. The molecule has 3 heteroatoms. The van der Waals surface area contributed by atoms with Crippen LogP contribution in [-0.4, -0.2) is 4.57 Å². The van der Waals surface area contributed by atoms with Crippen molar-refractivity contribution in [2.45, 2.75) is 26.4 Å². The minimum atomic E-state index is 0.00916. The molecule has 0 fully saturated rings. The van der Waals surface area contributed by atoms with Gasteiger partial charge in [0.2, 0.25) is 0 Å². The lowest BCUT2D eigenvalue weighted by Gasteiger charge is -2.19. The van der Waals surface area contributed by atoms with E-state index < -0.39 is 0 Å². The summed E-state index contributed by atoms with van der Waals surface area (Å²) in [7, 11) is 0. The number of rotatable bonds is 4. The predicted octanol–water partition coefficient (Wildman–Crippen LogP) is 5.00. The molecule has 1 aromatic heterocycles. The third-order valence-electron chi connectivity index (χ3n) is 4.14. The minimum Gasteiger partial charge on any atom is -0.339 e. The Morgan fingerprint density at radius 1 is 1.05 bits per heavy atom. The highest BCUT2D eigenvalue weighted by Gasteiger charge is 2.18. The number of fused-ring (bicyclic) bond motifs is 1. The molecule has 0 saturated heterocycles. The van der Waals surface area contributed by atoms with Crippen LogP contribution in [0.5, 0.6) is 0 Å². The molecule has 2 aromatic carbocycles. The maximum atomic E-state index is 6.44. The number of hydrogen-bond donors (Lipinski definition) is 1. The maximum absolute atomic E-state index is 6.44. The zero-order chi connectivity index (χ0) is 15.7. The van der Waals surface area contributed by atoms with Gasteiger partial charge in [0.15, 0.2) is 0 Å². The second kappa shape index (κ2) is 6.15. The molecule has 114 valence electrons. The largest absolute Gasteiger partial charge is 0.339 e. The molecule has 3 rings (SSSR count). The average Bonchev–Trinajstić information content (AvgIpc) is 2.85. The molecule has 1 atom stereocenters. The first-order valence-electron chi connectivity index (χ1n) is 7.64. The summed E-state index contributed by atoms with van der Waals surface area (Å²) in [5.74, 6) is 0.384. The molecule has 22 heavy (non-hydrogen) atoms. The van der Waals surface area contributed by atoms with Crippen molar-refractivity contribution in [3.05, 3.63) is 70.9 Å². The molecule has 2 nitrogen and oxygen atoms in total. The lowest BCUT2D eigenvalue weighted by Crippen LogP contribution is -2.20. The van der Waals surface area contributed by atoms with E-state index in [1.54, 1.807) is 0 Å². The van der Waals surface area contributed by atoms with Crippen LogP contribution in [0, 0.1) is 5.92 Å². The molecule has 0 aliphatic rings. The van der Waals surface area contributed by atoms with Crippen LogP contribution in [0.4, 0.5) is 0 Å². The Morgan fingerprint density at radius 2 is 1.77 bits per heavy atom. The third kappa shape index (κ3) is 2.90. The lowest BCUT2D eigenvalue weighted by molar-refractivity contribution is 0.487. The van der Waals surface area contributed by atoms with Gasteiger partial charge in [0.05, 0.1) is 0 Å². The van der Waals surface area contributed by atoms with Crippen molar-refractivity contribution in [2.75, 3.05) is 0 Å². The van der Waals surface area contributed by atoms with Crippen LogP contribution in [0.15, 0.2) is 54.6 Å². The van der Waals surface area contributed by atoms with Crippen LogP contribution < -0.4 is 5.73 Å². The molecular formula is C19H21ClN2. The summed E-state index contributed by atoms with van der Waals surface area (Å²) in [6.45, 7) is 5.13. The molecule has 2 N–H and O–H groups in total. The second-order valence-electron chi connectivity index (χ2n) is 6.11. The van der Waals surface area contributed by atoms with Crippen molar-refractivity contribution in [3.8, 4) is 0 Å². The van der Waals surface area contributed by atoms with E-state index in [1.807, 2.05) is 18.2 Å². The van der Waals surface area contributed by atoms with Gasteiger partial charge in [-0.3, -0.25) is 0 Å². The van der Waals surface area contributed by atoms with Crippen LogP contribution in [0.3, 0.4) is 0 Å². The average molecular weight is 313 g/mol. The summed E-state index contributed by atoms with van der Waals surface area (Å²) in [5, 5.41) is 1.91. The highest BCUT2D eigenvalue weighted by molar-refractivity contribution is 6.31. The second-order valence-corrected chi connectivity index (χ2v) is 6.55. The zero-order valence-corrected chi connectivity index (χ0v) is 13.7. The van der Waals surface area contributed by atoms with E-state index in [2.05, 4.69) is 54.8 Å². The Balaban J connectivity index is 2.14. The van der Waals surface area contributed by atoms with E-state index in [0.29, 0.717) is 5.92 Å². The van der Waals surface area contributed by atoms with Gasteiger partial charge in [0.1, 0.15) is 0 Å². The number of halogens is 1. The van der Waals surface area contributed by atoms with E-state index in [-0.39, 0.29) is 6.04 Å². The van der Waals surface area contributed by atoms with Crippen molar-refractivity contribution in [1.82, 2.24) is 4.57 Å². The first-order chi connectivity index (χ1) is 10.6. The van der Waals surface area contributed by atoms with Gasteiger partial charge in [-0.2, -0.15) is 0 Å². The van der Waals surface area contributed by atoms with Crippen molar-refractivity contribution < 1.29 is 0 Å². The van der Waals surface area contributed by atoms with Gasteiger partial charge in [0, 0.05) is 34.2 Å². The summed E-state index contributed by atoms with van der Waals surface area (Å²) in [4.78, 5) is 0. The standard InChI is InChI=1S/C19H21ClN2/c1-13(2)19(21)18-11-15-10-16(20)8-9-17(15)22(18)12-14-6-4-3-5-7-14/h3-11,13,19H,12,21H2,1-2H3. The molecule has 0 radical (unpaired) electrons. The monoisotopic (exact) mass is 312 g/mol. The maximum Gasteiger partial charge on any atom is 0.0487 e. The van der Waals surface area contributed by atoms with Crippen LogP contribution in [0.1, 0.15) is 31.1 Å². The Morgan fingerprint density at radius 3 is 2.45 bits per heavy atom. The van der Waals surface area contributed by atoms with Crippen LogP contribution in [-0.2, 0) is 6.54 Å². The van der Waals surface area contributed by atoms with E-state index >= 15 is 0 Å². The number of hydrogen-bond acceptors (Lipinski definition) is 1. The molecule has 0 aliphatic carbocycles. The number of benzene rings is 2. The van der Waals surface area contributed by atoms with Crippen LogP contribution in [0.25, 0.3) is 10.9 Å². The zero-order valence-electron chi connectivity index (χ0n) is 13.0. The van der Waals surface area contributed by atoms with Gasteiger partial charge < -0.3 is 10.3 Å². The summed E-state index contributed by atoms with van der Waals surface area (Å²) in [6, 6.07) is 18.7. The Kier molecular flexibility index (Phi) is 4.23. The smallest absolute Gasteiger partial charge is 0.0487 e. The minimum absolute atomic E-state index is 0.00916. The fourth-order valence-electron chi connectivity index (χ4n) is 2.82. The summed E-state index contributed by atoms with van der Waals surface area (Å²) in [5.41, 5.74) is 10.1. The van der Waals surface area contributed by atoms with Crippen molar-refractivity contribution in [2.24, 2.45) is 11.7 Å². The molecule has 0 spiro atoms. The van der Waals surface area contributed by atoms with E-state index in [4.69, 9.17) is 17.3 Å². The Hall–Kier alpha value is -1.77. The predicted molar refractivity (Wildman–Crippen MR) is 94.3 cm³/mol. The molecular weight excluding hydrogens is 292 g/mol. The fourth-order valence-corrected chi connectivity index (χ4v) is 3.00. The number of aromatic nitrogens is 1. The first kappa shape index (κ1) is 15.1. The summed E-state index contributed by atoms with van der Waals surface area (Å²) < 4.78 is 2.31. The Bertz CT molecular complexity index is 775. The highest BCUT2D eigenvalue weighted by Crippen LogP contribution is 2.29. The van der Waals surface area contributed by atoms with E-state index in [0.717, 1.165) is 22.6 Å². The lowest BCUT2D eigenvalue weighted by atomic mass is 10.0. The highest BCUT2D eigenvalue weighted by atomic mass is 35.5. The quantitative estimate of drug-likeness (QED) is 0.722. The van der Waals surface area contributed by atoms with Crippen molar-refractivity contribution in [1.29, 1.82) is 0 Å². The third-order valence-corrected chi connectivity index (χ3v) is 4.37. The van der Waals surface area contributed by atoms with Crippen molar-refractivity contribution in [3.63, 3.8) is 0 Å². The first-order valence-corrected chi connectivity index (χ1v) is 8.02. The van der Waals surface area contributed by atoms with Gasteiger partial charge >= 0.3 is 0 Å². The van der Waals surface area contributed by atoms with Gasteiger partial charge in [-0.1, -0.05) is 55.8 Å². The van der Waals surface area contributed by atoms with E-state index in [9.17, 15) is 0 Å². The SMILES string of the molecule is CC(C)C(N)c1cc2cc(Cl)ccc2n1Cc1ccccc1. The number of nitrogens with two attached hydrogens (primary N) is 1. The molecule has 0 aliphatic heterocycles. The van der Waals surface area contributed by atoms with E-state index in [1.165, 1.54) is 11.1 Å². The molecule has 3 aromatic rings. The number of nitrogens with zero attached hydrogens (tertiary/aromatic N) is 1. The molecule has 0 amide bonds. The molecule has 1 unspecified atom stereocenters. The Labute approximate surface area is 136 Å². The van der Waals surface area contributed by atoms with Crippen LogP contribution >= 0.6 is 11.6 Å². The van der Waals surface area contributed by atoms with Crippen molar-refractivity contribution >= 4 is 22.5 Å².